The Morgan fingerprint density at radius 2 is 1.77 bits per heavy atom. The van der Waals surface area contributed by atoms with Gasteiger partial charge in [-0.1, -0.05) is 6.92 Å². The van der Waals surface area contributed by atoms with Gasteiger partial charge >= 0.3 is 0 Å². The molecule has 4 heterocycles. The van der Waals surface area contributed by atoms with Crippen molar-refractivity contribution in [1.29, 1.82) is 0 Å². The van der Waals surface area contributed by atoms with Crippen molar-refractivity contribution in [2.75, 3.05) is 45.0 Å². The Balaban J connectivity index is 1.39. The predicted octanol–water partition coefficient (Wildman–Crippen LogP) is 3.31. The Hall–Kier alpha value is -4.12. The van der Waals surface area contributed by atoms with Crippen LogP contribution in [0.5, 0.6) is 17.2 Å². The second kappa shape index (κ2) is 9.88. The summed E-state index contributed by atoms with van der Waals surface area (Å²) < 4.78 is 18.3. The molecule has 2 aliphatic heterocycles. The summed E-state index contributed by atoms with van der Waals surface area (Å²) in [6, 6.07) is 13.3. The third-order valence-corrected chi connectivity index (χ3v) is 7.95. The average Bonchev–Trinajstić information content (AvgIpc) is 3.63. The van der Waals surface area contributed by atoms with Crippen molar-refractivity contribution in [1.82, 2.24) is 30.1 Å². The molecule has 0 radical (unpaired) electrons. The Bertz CT molecular complexity index is 1540. The number of fused-ring (bicyclic) bond motifs is 2. The van der Waals surface area contributed by atoms with E-state index in [1.54, 1.807) is 7.11 Å². The summed E-state index contributed by atoms with van der Waals surface area (Å²) >= 11 is 0. The lowest BCUT2D eigenvalue weighted by Crippen LogP contribution is -2.49. The molecule has 2 aromatic carbocycles. The minimum Gasteiger partial charge on any atom is -0.497 e. The summed E-state index contributed by atoms with van der Waals surface area (Å²) in [6.45, 7) is 9.55. The van der Waals surface area contributed by atoms with Crippen LogP contribution in [0.2, 0.25) is 0 Å². The third-order valence-electron chi connectivity index (χ3n) is 7.95. The standard InChI is InChI=1S/C28H33N7O4/c1-5-28(2,3)35-26(30-31-32-35)25(34-12-10-33(11-13-34)19-6-8-20(37-4)9-7-19)21-14-18-15-23-24(39-17-38-23)16-22(18)29-27(21)36/h6-9,14-16,25H,5,10-13,17H2,1-4H3,(H,29,36)/t25-/m0/s1. The quantitative estimate of drug-likeness (QED) is 0.384. The van der Waals surface area contributed by atoms with E-state index in [0.717, 1.165) is 49.4 Å². The maximum absolute atomic E-state index is 13.6. The number of nitrogens with zero attached hydrogens (tertiary/aromatic N) is 6. The molecule has 0 unspecified atom stereocenters. The molecule has 11 nitrogen and oxygen atoms in total. The number of piperazine rings is 1. The minimum atomic E-state index is -0.428. The molecule has 0 saturated carbocycles. The van der Waals surface area contributed by atoms with Crippen LogP contribution in [0.15, 0.2) is 47.3 Å². The number of tetrazole rings is 1. The van der Waals surface area contributed by atoms with Gasteiger partial charge in [0, 0.05) is 48.9 Å². The molecule has 11 heteroatoms. The lowest BCUT2D eigenvalue weighted by molar-refractivity contribution is 0.174. The zero-order chi connectivity index (χ0) is 27.1. The highest BCUT2D eigenvalue weighted by molar-refractivity contribution is 5.83. The van der Waals surface area contributed by atoms with E-state index in [-0.39, 0.29) is 17.9 Å². The number of aromatic amines is 1. The Morgan fingerprint density at radius 1 is 1.05 bits per heavy atom. The van der Waals surface area contributed by atoms with Gasteiger partial charge in [0.15, 0.2) is 17.3 Å². The van der Waals surface area contributed by atoms with Crippen LogP contribution in [0, 0.1) is 0 Å². The van der Waals surface area contributed by atoms with E-state index in [1.807, 2.05) is 35.0 Å². The van der Waals surface area contributed by atoms with Gasteiger partial charge in [0.1, 0.15) is 11.8 Å². The second-order valence-corrected chi connectivity index (χ2v) is 10.6. The molecule has 1 atom stereocenters. The molecule has 1 saturated heterocycles. The van der Waals surface area contributed by atoms with E-state index >= 15 is 0 Å². The van der Waals surface area contributed by atoms with E-state index in [9.17, 15) is 4.79 Å². The molecule has 2 aromatic heterocycles. The Morgan fingerprint density at radius 3 is 2.46 bits per heavy atom. The van der Waals surface area contributed by atoms with Gasteiger partial charge in [-0.2, -0.15) is 0 Å². The summed E-state index contributed by atoms with van der Waals surface area (Å²) in [5.74, 6) is 2.79. The molecule has 2 aliphatic rings. The molecule has 39 heavy (non-hydrogen) atoms. The van der Waals surface area contributed by atoms with Crippen LogP contribution in [0.1, 0.15) is 44.6 Å². The molecular formula is C28H33N7O4. The van der Waals surface area contributed by atoms with Crippen molar-refractivity contribution in [2.24, 2.45) is 0 Å². The van der Waals surface area contributed by atoms with Crippen LogP contribution < -0.4 is 24.7 Å². The lowest BCUT2D eigenvalue weighted by Gasteiger charge is -2.40. The first-order valence-electron chi connectivity index (χ1n) is 13.3. The van der Waals surface area contributed by atoms with Crippen LogP contribution in [0.3, 0.4) is 0 Å². The molecule has 0 spiro atoms. The predicted molar refractivity (Wildman–Crippen MR) is 147 cm³/mol. The zero-order valence-corrected chi connectivity index (χ0v) is 22.7. The van der Waals surface area contributed by atoms with Gasteiger partial charge in [0.05, 0.1) is 18.2 Å². The fourth-order valence-corrected chi connectivity index (χ4v) is 5.29. The summed E-state index contributed by atoms with van der Waals surface area (Å²) in [5, 5.41) is 13.8. The number of pyridine rings is 1. The fourth-order valence-electron chi connectivity index (χ4n) is 5.29. The molecule has 4 aromatic rings. The molecule has 204 valence electrons. The number of benzene rings is 2. The molecule has 0 amide bonds. The number of aromatic nitrogens is 5. The number of nitrogens with one attached hydrogen (secondary N) is 1. The van der Waals surface area contributed by atoms with Crippen molar-refractivity contribution in [3.8, 4) is 17.2 Å². The van der Waals surface area contributed by atoms with Crippen LogP contribution in [-0.2, 0) is 5.54 Å². The maximum Gasteiger partial charge on any atom is 0.253 e. The summed E-state index contributed by atoms with van der Waals surface area (Å²) in [5.41, 5.74) is 1.94. The van der Waals surface area contributed by atoms with E-state index in [2.05, 4.69) is 63.2 Å². The Labute approximate surface area is 226 Å². The van der Waals surface area contributed by atoms with Gasteiger partial charge in [0.2, 0.25) is 6.79 Å². The van der Waals surface area contributed by atoms with E-state index < -0.39 is 6.04 Å². The number of methoxy groups -OCH3 is 1. The maximum atomic E-state index is 13.6. The topological polar surface area (TPSA) is 111 Å². The van der Waals surface area contributed by atoms with Gasteiger partial charge in [-0.3, -0.25) is 9.69 Å². The van der Waals surface area contributed by atoms with E-state index in [1.165, 1.54) is 0 Å². The van der Waals surface area contributed by atoms with Gasteiger partial charge < -0.3 is 24.1 Å². The molecule has 1 fully saturated rings. The van der Waals surface area contributed by atoms with Crippen LogP contribution >= 0.6 is 0 Å². The number of rotatable bonds is 7. The number of hydrogen-bond acceptors (Lipinski definition) is 9. The van der Waals surface area contributed by atoms with Crippen LogP contribution in [0.25, 0.3) is 10.9 Å². The number of ether oxygens (including phenoxy) is 3. The highest BCUT2D eigenvalue weighted by atomic mass is 16.7. The molecular weight excluding hydrogens is 498 g/mol. The molecule has 6 rings (SSSR count). The van der Waals surface area contributed by atoms with Gasteiger partial charge in [-0.05, 0) is 67.1 Å². The fraction of sp³-hybridized carbons (Fsp3) is 0.429. The SMILES string of the molecule is CCC(C)(C)n1nnnc1[C@H](c1cc2cc3c(cc2[nH]c1=O)OCO3)N1CCN(c2ccc(OC)cc2)CC1. The zero-order valence-electron chi connectivity index (χ0n) is 22.7. The highest BCUT2D eigenvalue weighted by Gasteiger charge is 2.36. The number of anilines is 1. The summed E-state index contributed by atoms with van der Waals surface area (Å²) in [6.07, 6.45) is 0.834. The van der Waals surface area contributed by atoms with Crippen molar-refractivity contribution >= 4 is 16.6 Å². The first-order chi connectivity index (χ1) is 18.9. The summed E-state index contributed by atoms with van der Waals surface area (Å²) in [7, 11) is 1.67. The largest absolute Gasteiger partial charge is 0.497 e. The van der Waals surface area contributed by atoms with E-state index in [4.69, 9.17) is 14.2 Å². The smallest absolute Gasteiger partial charge is 0.253 e. The van der Waals surface area contributed by atoms with Crippen molar-refractivity contribution in [3.05, 3.63) is 64.2 Å². The molecule has 0 bridgehead atoms. The van der Waals surface area contributed by atoms with Crippen molar-refractivity contribution in [3.63, 3.8) is 0 Å². The average molecular weight is 532 g/mol. The Kier molecular flexibility index (Phi) is 6.38. The van der Waals surface area contributed by atoms with Crippen LogP contribution in [-0.4, -0.2) is 70.2 Å². The molecule has 0 aliphatic carbocycles. The second-order valence-electron chi connectivity index (χ2n) is 10.6. The number of H-pyrrole nitrogens is 1. The van der Waals surface area contributed by atoms with Crippen molar-refractivity contribution in [2.45, 2.75) is 38.8 Å². The third kappa shape index (κ3) is 4.56. The van der Waals surface area contributed by atoms with Crippen molar-refractivity contribution < 1.29 is 14.2 Å². The minimum absolute atomic E-state index is 0.171. The monoisotopic (exact) mass is 531 g/mol. The molecule has 1 N–H and O–H groups in total. The lowest BCUT2D eigenvalue weighted by atomic mass is 9.98. The highest BCUT2D eigenvalue weighted by Crippen LogP contribution is 2.37. The summed E-state index contributed by atoms with van der Waals surface area (Å²) in [4.78, 5) is 21.4. The first-order valence-corrected chi connectivity index (χ1v) is 13.3. The van der Waals surface area contributed by atoms with E-state index in [0.29, 0.717) is 28.4 Å². The van der Waals surface area contributed by atoms with Crippen LogP contribution in [0.4, 0.5) is 5.69 Å². The number of hydrogen-bond donors (Lipinski definition) is 1. The normalized spacial score (nSPS) is 16.6. The van der Waals surface area contributed by atoms with Gasteiger partial charge in [-0.25, -0.2) is 4.68 Å². The van der Waals surface area contributed by atoms with Gasteiger partial charge in [0.25, 0.3) is 5.56 Å². The first kappa shape index (κ1) is 25.2. The van der Waals surface area contributed by atoms with Gasteiger partial charge in [-0.15, -0.1) is 5.10 Å².